The molecule has 0 spiro atoms. The number of aryl methyl sites for hydroxylation is 1. The summed E-state index contributed by atoms with van der Waals surface area (Å²) in [6, 6.07) is 13.7. The van der Waals surface area contributed by atoms with Crippen LogP contribution in [0.1, 0.15) is 43.0 Å². The van der Waals surface area contributed by atoms with Crippen LogP contribution in [0.2, 0.25) is 0 Å². The first-order valence-electron chi connectivity index (χ1n) is 9.14. The van der Waals surface area contributed by atoms with Gasteiger partial charge >= 0.3 is 0 Å². The Bertz CT molecular complexity index is 928. The Morgan fingerprint density at radius 1 is 1.27 bits per heavy atom. The molecule has 0 radical (unpaired) electrons. The van der Waals surface area contributed by atoms with Gasteiger partial charge in [0, 0.05) is 18.0 Å². The van der Waals surface area contributed by atoms with E-state index in [-0.39, 0.29) is 5.91 Å². The van der Waals surface area contributed by atoms with Gasteiger partial charge < -0.3 is 15.0 Å². The number of carbonyl (C=O) groups is 1. The van der Waals surface area contributed by atoms with E-state index in [0.717, 1.165) is 33.9 Å². The fourth-order valence-corrected chi connectivity index (χ4v) is 3.29. The Morgan fingerprint density at radius 2 is 2.15 bits per heavy atom. The molecule has 3 aromatic rings. The van der Waals surface area contributed by atoms with E-state index in [0.29, 0.717) is 18.8 Å². The van der Waals surface area contributed by atoms with E-state index in [1.165, 1.54) is 19.3 Å². The number of hydrogen-bond acceptors (Lipinski definition) is 3. The van der Waals surface area contributed by atoms with Crippen LogP contribution in [0, 0.1) is 0 Å². The van der Waals surface area contributed by atoms with E-state index in [1.54, 1.807) is 7.11 Å². The number of aromatic amines is 1. The van der Waals surface area contributed by atoms with Crippen LogP contribution in [0.3, 0.4) is 0 Å². The molecule has 5 heteroatoms. The van der Waals surface area contributed by atoms with Gasteiger partial charge in [-0.25, -0.2) is 4.98 Å². The molecule has 1 saturated carbocycles. The summed E-state index contributed by atoms with van der Waals surface area (Å²) in [5.74, 6) is 2.47. The van der Waals surface area contributed by atoms with Crippen molar-refractivity contribution in [2.75, 3.05) is 12.4 Å². The molecule has 1 aliphatic rings. The summed E-state index contributed by atoms with van der Waals surface area (Å²) in [6.45, 7) is 0. The highest BCUT2D eigenvalue weighted by Crippen LogP contribution is 2.35. The second-order valence-corrected chi connectivity index (χ2v) is 6.88. The van der Waals surface area contributed by atoms with Crippen LogP contribution in [0.15, 0.2) is 42.5 Å². The first kappa shape index (κ1) is 16.6. The highest BCUT2D eigenvalue weighted by Gasteiger charge is 2.22. The zero-order chi connectivity index (χ0) is 17.9. The summed E-state index contributed by atoms with van der Waals surface area (Å²) in [4.78, 5) is 20.3. The quantitative estimate of drug-likeness (QED) is 0.693. The molecule has 4 rings (SSSR count). The van der Waals surface area contributed by atoms with E-state index in [9.17, 15) is 4.79 Å². The SMILES string of the molecule is COc1cccc(CCC(=O)Nc2ccc3nc(C4CCC4)[nH]c3c2)c1. The van der Waals surface area contributed by atoms with Gasteiger partial charge in [-0.15, -0.1) is 0 Å². The summed E-state index contributed by atoms with van der Waals surface area (Å²) in [7, 11) is 1.65. The van der Waals surface area contributed by atoms with Crippen molar-refractivity contribution in [1.82, 2.24) is 9.97 Å². The minimum Gasteiger partial charge on any atom is -0.497 e. The average molecular weight is 349 g/mol. The van der Waals surface area contributed by atoms with Gasteiger partial charge in [0.25, 0.3) is 0 Å². The van der Waals surface area contributed by atoms with Crippen LogP contribution in [0.25, 0.3) is 11.0 Å². The largest absolute Gasteiger partial charge is 0.497 e. The van der Waals surface area contributed by atoms with Gasteiger partial charge in [-0.3, -0.25) is 4.79 Å². The zero-order valence-corrected chi connectivity index (χ0v) is 14.9. The maximum Gasteiger partial charge on any atom is 0.224 e. The fraction of sp³-hybridized carbons (Fsp3) is 0.333. The predicted molar refractivity (Wildman–Crippen MR) is 103 cm³/mol. The van der Waals surface area contributed by atoms with Crippen molar-refractivity contribution in [2.24, 2.45) is 0 Å². The molecule has 1 amide bonds. The first-order valence-corrected chi connectivity index (χ1v) is 9.14. The lowest BCUT2D eigenvalue weighted by atomic mass is 9.85. The van der Waals surface area contributed by atoms with Gasteiger partial charge in [0.05, 0.1) is 18.1 Å². The molecule has 0 atom stereocenters. The third-order valence-corrected chi connectivity index (χ3v) is 5.05. The lowest BCUT2D eigenvalue weighted by molar-refractivity contribution is -0.116. The fourth-order valence-electron chi connectivity index (χ4n) is 3.29. The van der Waals surface area contributed by atoms with Crippen molar-refractivity contribution in [1.29, 1.82) is 0 Å². The van der Waals surface area contributed by atoms with E-state index < -0.39 is 0 Å². The maximum absolute atomic E-state index is 12.3. The first-order chi connectivity index (χ1) is 12.7. The molecule has 2 aromatic carbocycles. The molecule has 5 nitrogen and oxygen atoms in total. The third-order valence-electron chi connectivity index (χ3n) is 5.05. The number of imidazole rings is 1. The number of aromatic nitrogens is 2. The molecule has 134 valence electrons. The number of amides is 1. The molecule has 26 heavy (non-hydrogen) atoms. The molecule has 2 N–H and O–H groups in total. The number of carbonyl (C=O) groups excluding carboxylic acids is 1. The normalized spacial score (nSPS) is 14.2. The number of anilines is 1. The minimum atomic E-state index is 0.00546. The second kappa shape index (κ2) is 7.20. The number of benzene rings is 2. The zero-order valence-electron chi connectivity index (χ0n) is 14.9. The summed E-state index contributed by atoms with van der Waals surface area (Å²) >= 11 is 0. The number of H-pyrrole nitrogens is 1. The van der Waals surface area contributed by atoms with Crippen LogP contribution in [0.4, 0.5) is 5.69 Å². The van der Waals surface area contributed by atoms with Crippen molar-refractivity contribution in [2.45, 2.75) is 38.0 Å². The summed E-state index contributed by atoms with van der Waals surface area (Å²) in [5, 5.41) is 2.98. The Balaban J connectivity index is 1.38. The number of nitrogens with one attached hydrogen (secondary N) is 2. The van der Waals surface area contributed by atoms with Gasteiger partial charge in [0.2, 0.25) is 5.91 Å². The highest BCUT2D eigenvalue weighted by molar-refractivity contribution is 5.93. The molecule has 0 aliphatic heterocycles. The Morgan fingerprint density at radius 3 is 2.92 bits per heavy atom. The smallest absolute Gasteiger partial charge is 0.224 e. The van der Waals surface area contributed by atoms with Crippen LogP contribution >= 0.6 is 0 Å². The number of ether oxygens (including phenoxy) is 1. The number of methoxy groups -OCH3 is 1. The molecular weight excluding hydrogens is 326 g/mol. The molecular formula is C21H23N3O2. The van der Waals surface area contributed by atoms with Gasteiger partial charge in [-0.05, 0) is 55.2 Å². The van der Waals surface area contributed by atoms with Gasteiger partial charge in [-0.1, -0.05) is 18.6 Å². The van der Waals surface area contributed by atoms with Crippen LogP contribution < -0.4 is 10.1 Å². The Kier molecular flexibility index (Phi) is 4.61. The Labute approximate surface area is 152 Å². The number of hydrogen-bond donors (Lipinski definition) is 2. The van der Waals surface area contributed by atoms with Crippen LogP contribution in [-0.2, 0) is 11.2 Å². The average Bonchev–Trinajstić information content (AvgIpc) is 3.01. The number of fused-ring (bicyclic) bond motifs is 1. The highest BCUT2D eigenvalue weighted by atomic mass is 16.5. The lowest BCUT2D eigenvalue weighted by Crippen LogP contribution is -2.12. The van der Waals surface area contributed by atoms with E-state index >= 15 is 0 Å². The van der Waals surface area contributed by atoms with Crippen molar-refractivity contribution >= 4 is 22.6 Å². The van der Waals surface area contributed by atoms with Crippen molar-refractivity contribution < 1.29 is 9.53 Å². The molecule has 1 heterocycles. The minimum absolute atomic E-state index is 0.00546. The monoisotopic (exact) mass is 349 g/mol. The standard InChI is InChI=1S/C21H23N3O2/c1-26-17-7-2-4-14(12-17)8-11-20(25)22-16-9-10-18-19(13-16)24-21(23-18)15-5-3-6-15/h2,4,7,9-10,12-13,15H,3,5-6,8,11H2,1H3,(H,22,25)(H,23,24). The van der Waals surface area contributed by atoms with E-state index in [1.807, 2.05) is 42.5 Å². The topological polar surface area (TPSA) is 67.0 Å². The molecule has 1 fully saturated rings. The maximum atomic E-state index is 12.3. The van der Waals surface area contributed by atoms with Crippen molar-refractivity contribution in [3.8, 4) is 5.75 Å². The van der Waals surface area contributed by atoms with E-state index in [2.05, 4.69) is 15.3 Å². The molecule has 1 aliphatic carbocycles. The van der Waals surface area contributed by atoms with Crippen LogP contribution in [-0.4, -0.2) is 23.0 Å². The van der Waals surface area contributed by atoms with Gasteiger partial charge in [0.1, 0.15) is 11.6 Å². The predicted octanol–water partition coefficient (Wildman–Crippen LogP) is 4.41. The third kappa shape index (κ3) is 3.57. The number of rotatable bonds is 6. The lowest BCUT2D eigenvalue weighted by Gasteiger charge is -2.22. The van der Waals surface area contributed by atoms with E-state index in [4.69, 9.17) is 4.74 Å². The molecule has 0 unspecified atom stereocenters. The molecule has 1 aromatic heterocycles. The van der Waals surface area contributed by atoms with Crippen molar-refractivity contribution in [3.05, 3.63) is 53.9 Å². The number of nitrogens with zero attached hydrogens (tertiary/aromatic N) is 1. The van der Waals surface area contributed by atoms with Crippen LogP contribution in [0.5, 0.6) is 5.75 Å². The molecule has 0 bridgehead atoms. The van der Waals surface area contributed by atoms with Gasteiger partial charge in [0.15, 0.2) is 0 Å². The summed E-state index contributed by atoms with van der Waals surface area (Å²) in [6.07, 6.45) is 4.83. The van der Waals surface area contributed by atoms with Crippen molar-refractivity contribution in [3.63, 3.8) is 0 Å². The second-order valence-electron chi connectivity index (χ2n) is 6.88. The van der Waals surface area contributed by atoms with Gasteiger partial charge in [-0.2, -0.15) is 0 Å². The summed E-state index contributed by atoms with van der Waals surface area (Å²) in [5.41, 5.74) is 3.84. The summed E-state index contributed by atoms with van der Waals surface area (Å²) < 4.78 is 5.22. The Hall–Kier alpha value is -2.82. The molecule has 0 saturated heterocycles.